The second-order valence-electron chi connectivity index (χ2n) is 7.22. The molecule has 0 radical (unpaired) electrons. The SMILES string of the molecule is CC(C)(C)c1nnc2ccc(Sc3ccccc3/C=C/C(=O)NCC#N)cn12. The van der Waals surface area contributed by atoms with Crippen LogP contribution in [0.3, 0.4) is 0 Å². The standard InChI is InChI=1S/C21H21N5OS/c1-21(2,3)20-25-24-18-10-9-16(14-26(18)20)28-17-7-5-4-6-15(17)8-11-19(27)23-13-12-22/h4-11,14H,13H2,1-3H3,(H,23,27)/b11-8+. The van der Waals surface area contributed by atoms with Gasteiger partial charge < -0.3 is 5.32 Å². The Balaban J connectivity index is 1.87. The van der Waals surface area contributed by atoms with Gasteiger partial charge in [0.2, 0.25) is 5.91 Å². The summed E-state index contributed by atoms with van der Waals surface area (Å²) < 4.78 is 2.02. The van der Waals surface area contributed by atoms with Crippen LogP contribution >= 0.6 is 11.8 Å². The van der Waals surface area contributed by atoms with E-state index in [-0.39, 0.29) is 17.9 Å². The lowest BCUT2D eigenvalue weighted by Gasteiger charge is -2.16. The topological polar surface area (TPSA) is 83.1 Å². The number of rotatable bonds is 5. The first-order valence-corrected chi connectivity index (χ1v) is 9.65. The Bertz CT molecular complexity index is 1070. The van der Waals surface area contributed by atoms with Crippen molar-refractivity contribution in [3.63, 3.8) is 0 Å². The second kappa shape index (κ2) is 8.28. The summed E-state index contributed by atoms with van der Waals surface area (Å²) in [4.78, 5) is 13.8. The molecule has 3 aromatic rings. The van der Waals surface area contributed by atoms with Gasteiger partial charge in [0.05, 0.1) is 6.07 Å². The van der Waals surface area contributed by atoms with E-state index in [1.54, 1.807) is 17.8 Å². The fourth-order valence-electron chi connectivity index (χ4n) is 2.63. The van der Waals surface area contributed by atoms with Crippen molar-refractivity contribution in [1.29, 1.82) is 5.26 Å². The fraction of sp³-hybridized carbons (Fsp3) is 0.238. The van der Waals surface area contributed by atoms with Crippen molar-refractivity contribution in [2.24, 2.45) is 0 Å². The zero-order valence-corrected chi connectivity index (χ0v) is 16.8. The average molecular weight is 392 g/mol. The van der Waals surface area contributed by atoms with E-state index in [2.05, 4.69) is 36.3 Å². The van der Waals surface area contributed by atoms with Crippen LogP contribution in [-0.2, 0) is 10.2 Å². The van der Waals surface area contributed by atoms with Crippen molar-refractivity contribution < 1.29 is 4.79 Å². The highest BCUT2D eigenvalue weighted by atomic mass is 32.2. The number of carbonyl (C=O) groups excluding carboxylic acids is 1. The first-order valence-electron chi connectivity index (χ1n) is 8.83. The van der Waals surface area contributed by atoms with Crippen molar-refractivity contribution in [3.8, 4) is 6.07 Å². The molecule has 1 aromatic carbocycles. The summed E-state index contributed by atoms with van der Waals surface area (Å²) in [5.41, 5.74) is 1.64. The third-order valence-corrected chi connectivity index (χ3v) is 5.02. The van der Waals surface area contributed by atoms with Gasteiger partial charge in [-0.25, -0.2) is 0 Å². The van der Waals surface area contributed by atoms with Gasteiger partial charge in [0.15, 0.2) is 5.65 Å². The molecule has 0 saturated heterocycles. The largest absolute Gasteiger partial charge is 0.339 e. The van der Waals surface area contributed by atoms with Gasteiger partial charge in [-0.1, -0.05) is 50.7 Å². The molecule has 28 heavy (non-hydrogen) atoms. The molecule has 142 valence electrons. The smallest absolute Gasteiger partial charge is 0.244 e. The number of carbonyl (C=O) groups is 1. The molecule has 0 atom stereocenters. The molecule has 0 fully saturated rings. The van der Waals surface area contributed by atoms with Crippen LogP contribution < -0.4 is 5.32 Å². The molecule has 0 unspecified atom stereocenters. The molecular formula is C21H21N5OS. The van der Waals surface area contributed by atoms with Crippen molar-refractivity contribution in [2.45, 2.75) is 36.0 Å². The number of nitrogens with one attached hydrogen (secondary N) is 1. The Morgan fingerprint density at radius 3 is 2.79 bits per heavy atom. The van der Waals surface area contributed by atoms with E-state index >= 15 is 0 Å². The van der Waals surface area contributed by atoms with Gasteiger partial charge in [0.25, 0.3) is 0 Å². The predicted molar refractivity (Wildman–Crippen MR) is 110 cm³/mol. The summed E-state index contributed by atoms with van der Waals surface area (Å²) in [6, 6.07) is 13.7. The first kappa shape index (κ1) is 19.6. The van der Waals surface area contributed by atoms with Gasteiger partial charge in [0.1, 0.15) is 12.4 Å². The van der Waals surface area contributed by atoms with E-state index in [1.165, 1.54) is 6.08 Å². The number of hydrogen-bond acceptors (Lipinski definition) is 5. The van der Waals surface area contributed by atoms with Crippen molar-refractivity contribution in [1.82, 2.24) is 19.9 Å². The zero-order valence-electron chi connectivity index (χ0n) is 16.0. The maximum Gasteiger partial charge on any atom is 0.244 e. The lowest BCUT2D eigenvalue weighted by molar-refractivity contribution is -0.116. The minimum absolute atomic E-state index is 0.00532. The molecule has 0 spiro atoms. The number of nitriles is 1. The van der Waals surface area contributed by atoms with Gasteiger partial charge in [-0.3, -0.25) is 9.20 Å². The molecule has 0 saturated carbocycles. The monoisotopic (exact) mass is 391 g/mol. The number of nitrogens with zero attached hydrogens (tertiary/aromatic N) is 4. The molecule has 7 heteroatoms. The zero-order chi connectivity index (χ0) is 20.1. The summed E-state index contributed by atoms with van der Waals surface area (Å²) in [6.45, 7) is 6.33. The number of aromatic nitrogens is 3. The summed E-state index contributed by atoms with van der Waals surface area (Å²) in [5, 5.41) is 19.6. The van der Waals surface area contributed by atoms with E-state index in [0.29, 0.717) is 0 Å². The van der Waals surface area contributed by atoms with Gasteiger partial charge in [-0.05, 0) is 29.8 Å². The number of hydrogen-bond donors (Lipinski definition) is 1. The summed E-state index contributed by atoms with van der Waals surface area (Å²) in [5.74, 6) is 0.620. The molecule has 3 rings (SSSR count). The highest BCUT2D eigenvalue weighted by Crippen LogP contribution is 2.32. The van der Waals surface area contributed by atoms with E-state index in [9.17, 15) is 4.79 Å². The van der Waals surface area contributed by atoms with Crippen molar-refractivity contribution in [2.75, 3.05) is 6.54 Å². The van der Waals surface area contributed by atoms with Gasteiger partial charge in [0, 0.05) is 27.5 Å². The summed E-state index contributed by atoms with van der Waals surface area (Å²) in [7, 11) is 0. The Morgan fingerprint density at radius 2 is 2.04 bits per heavy atom. The average Bonchev–Trinajstić information content (AvgIpc) is 3.09. The van der Waals surface area contributed by atoms with Crippen molar-refractivity contribution in [3.05, 3.63) is 60.1 Å². The molecule has 2 heterocycles. The van der Waals surface area contributed by atoms with Crippen LogP contribution in [0.2, 0.25) is 0 Å². The predicted octanol–water partition coefficient (Wildman–Crippen LogP) is 3.83. The number of pyridine rings is 1. The summed E-state index contributed by atoms with van der Waals surface area (Å²) >= 11 is 1.61. The maximum absolute atomic E-state index is 11.7. The van der Waals surface area contributed by atoms with Gasteiger partial charge >= 0.3 is 0 Å². The van der Waals surface area contributed by atoms with Crippen LogP contribution in [0.15, 0.2) is 58.5 Å². The molecule has 6 nitrogen and oxygen atoms in total. The highest BCUT2D eigenvalue weighted by Gasteiger charge is 2.21. The molecule has 0 aliphatic rings. The van der Waals surface area contributed by atoms with Crippen LogP contribution in [0.5, 0.6) is 0 Å². The lowest BCUT2D eigenvalue weighted by atomic mass is 9.96. The second-order valence-corrected chi connectivity index (χ2v) is 8.33. The summed E-state index contributed by atoms with van der Waals surface area (Å²) in [6.07, 6.45) is 5.24. The van der Waals surface area contributed by atoms with E-state index < -0.39 is 0 Å². The van der Waals surface area contributed by atoms with Gasteiger partial charge in [-0.15, -0.1) is 10.2 Å². The third kappa shape index (κ3) is 4.59. The Labute approximate surface area is 168 Å². The number of benzene rings is 1. The van der Waals surface area contributed by atoms with E-state index in [0.717, 1.165) is 26.8 Å². The Hall–Kier alpha value is -3.11. The van der Waals surface area contributed by atoms with Crippen LogP contribution in [-0.4, -0.2) is 27.0 Å². The molecule has 1 N–H and O–H groups in total. The maximum atomic E-state index is 11.7. The molecule has 0 aliphatic heterocycles. The van der Waals surface area contributed by atoms with Crippen molar-refractivity contribution >= 4 is 29.4 Å². The lowest BCUT2D eigenvalue weighted by Crippen LogP contribution is -2.20. The molecular weight excluding hydrogens is 370 g/mol. The minimum atomic E-state index is -0.290. The van der Waals surface area contributed by atoms with Crippen LogP contribution in [0, 0.1) is 11.3 Å². The van der Waals surface area contributed by atoms with Gasteiger partial charge in [-0.2, -0.15) is 5.26 Å². The van der Waals surface area contributed by atoms with Crippen LogP contribution in [0.4, 0.5) is 0 Å². The molecule has 0 aliphatic carbocycles. The molecule has 2 aromatic heterocycles. The van der Waals surface area contributed by atoms with E-state index in [4.69, 9.17) is 5.26 Å². The quantitative estimate of drug-likeness (QED) is 0.528. The minimum Gasteiger partial charge on any atom is -0.339 e. The number of fused-ring (bicyclic) bond motifs is 1. The Kier molecular flexibility index (Phi) is 5.81. The number of amides is 1. The van der Waals surface area contributed by atoms with Crippen LogP contribution in [0.25, 0.3) is 11.7 Å². The third-order valence-electron chi connectivity index (χ3n) is 3.95. The normalized spacial score (nSPS) is 11.6. The molecule has 1 amide bonds. The first-order chi connectivity index (χ1) is 13.4. The van der Waals surface area contributed by atoms with E-state index in [1.807, 2.05) is 53.1 Å². The van der Waals surface area contributed by atoms with Crippen LogP contribution in [0.1, 0.15) is 32.2 Å². The Morgan fingerprint density at radius 1 is 1.25 bits per heavy atom. The fourth-order valence-corrected chi connectivity index (χ4v) is 3.58. The molecule has 0 bridgehead atoms. The highest BCUT2D eigenvalue weighted by molar-refractivity contribution is 7.99.